The molecule has 1 unspecified atom stereocenters. The van der Waals surface area contributed by atoms with E-state index < -0.39 is 0 Å². The highest BCUT2D eigenvalue weighted by Crippen LogP contribution is 2.20. The summed E-state index contributed by atoms with van der Waals surface area (Å²) in [4.78, 5) is 0. The molecule has 3 N–H and O–H groups in total. The molecule has 1 rings (SSSR count). The van der Waals surface area contributed by atoms with Crippen molar-refractivity contribution in [2.24, 2.45) is 11.7 Å². The van der Waals surface area contributed by atoms with Crippen molar-refractivity contribution < 1.29 is 9.84 Å². The lowest BCUT2D eigenvalue weighted by molar-refractivity contribution is -0.00153. The van der Waals surface area contributed by atoms with Crippen molar-refractivity contribution in [3.05, 3.63) is 0 Å². The minimum atomic E-state index is 0.215. The zero-order chi connectivity index (χ0) is 9.68. The van der Waals surface area contributed by atoms with Crippen molar-refractivity contribution in [2.45, 2.75) is 44.8 Å². The second kappa shape index (κ2) is 5.58. The van der Waals surface area contributed by atoms with Gasteiger partial charge in [-0.15, -0.1) is 0 Å². The second-order valence-electron chi connectivity index (χ2n) is 4.16. The van der Waals surface area contributed by atoms with Gasteiger partial charge in [0, 0.05) is 18.6 Å². The Labute approximate surface area is 80.3 Å². The molecular weight excluding hydrogens is 166 g/mol. The summed E-state index contributed by atoms with van der Waals surface area (Å²) in [5, 5.41) is 8.81. The fourth-order valence-electron chi connectivity index (χ4n) is 1.61. The Morgan fingerprint density at radius 3 is 2.54 bits per heavy atom. The lowest BCUT2D eigenvalue weighted by atomic mass is 9.94. The van der Waals surface area contributed by atoms with Crippen LogP contribution >= 0.6 is 0 Å². The van der Waals surface area contributed by atoms with Gasteiger partial charge in [-0.25, -0.2) is 0 Å². The summed E-state index contributed by atoms with van der Waals surface area (Å²) in [6, 6.07) is 0.384. The van der Waals surface area contributed by atoms with Gasteiger partial charge in [-0.3, -0.25) is 0 Å². The number of hydrogen-bond acceptors (Lipinski definition) is 3. The first-order valence-corrected chi connectivity index (χ1v) is 5.20. The van der Waals surface area contributed by atoms with E-state index in [4.69, 9.17) is 15.6 Å². The van der Waals surface area contributed by atoms with Crippen molar-refractivity contribution in [3.8, 4) is 0 Å². The van der Waals surface area contributed by atoms with Crippen molar-refractivity contribution in [2.75, 3.05) is 13.2 Å². The van der Waals surface area contributed by atoms with Gasteiger partial charge in [0.25, 0.3) is 0 Å². The zero-order valence-corrected chi connectivity index (χ0v) is 8.41. The lowest BCUT2D eigenvalue weighted by Gasteiger charge is -2.26. The van der Waals surface area contributed by atoms with Crippen LogP contribution in [-0.4, -0.2) is 30.5 Å². The summed E-state index contributed by atoms with van der Waals surface area (Å²) >= 11 is 0. The third-order valence-corrected chi connectivity index (χ3v) is 2.65. The van der Waals surface area contributed by atoms with Crippen LogP contribution in [0.15, 0.2) is 0 Å². The topological polar surface area (TPSA) is 55.5 Å². The molecular formula is C10H21NO2. The van der Waals surface area contributed by atoms with Crippen molar-refractivity contribution in [1.82, 2.24) is 0 Å². The van der Waals surface area contributed by atoms with E-state index >= 15 is 0 Å². The quantitative estimate of drug-likeness (QED) is 0.687. The average molecular weight is 187 g/mol. The summed E-state index contributed by atoms with van der Waals surface area (Å²) in [6.07, 6.45) is 4.71. The van der Waals surface area contributed by atoms with Crippen LogP contribution in [0.2, 0.25) is 0 Å². The molecule has 0 aromatic rings. The summed E-state index contributed by atoms with van der Waals surface area (Å²) < 4.78 is 5.67. The maximum atomic E-state index is 8.81. The van der Waals surface area contributed by atoms with E-state index in [1.165, 1.54) is 0 Å². The molecule has 3 nitrogen and oxygen atoms in total. The minimum absolute atomic E-state index is 0.215. The lowest BCUT2D eigenvalue weighted by Crippen LogP contribution is -2.31. The van der Waals surface area contributed by atoms with E-state index in [1.54, 1.807) is 0 Å². The molecule has 3 heteroatoms. The Morgan fingerprint density at radius 2 is 2.00 bits per heavy atom. The maximum Gasteiger partial charge on any atom is 0.0576 e. The highest BCUT2D eigenvalue weighted by molar-refractivity contribution is 4.74. The molecule has 0 aromatic carbocycles. The third-order valence-electron chi connectivity index (χ3n) is 2.65. The monoisotopic (exact) mass is 187 g/mol. The van der Waals surface area contributed by atoms with E-state index in [0.717, 1.165) is 25.7 Å². The molecule has 0 aromatic heterocycles. The first-order valence-electron chi connectivity index (χ1n) is 5.20. The van der Waals surface area contributed by atoms with Gasteiger partial charge >= 0.3 is 0 Å². The maximum absolute atomic E-state index is 8.81. The summed E-state index contributed by atoms with van der Waals surface area (Å²) in [5.74, 6) is 0.260. The normalized spacial score (nSPS) is 31.6. The molecule has 0 aliphatic heterocycles. The summed E-state index contributed by atoms with van der Waals surface area (Å²) in [7, 11) is 0. The standard InChI is InChI=1S/C10H21NO2/c1-8(6-12)7-13-10-4-2-9(11)3-5-10/h8-10,12H,2-7,11H2,1H3/t8?,9-,10-. The molecule has 1 atom stereocenters. The van der Waals surface area contributed by atoms with Crippen LogP contribution in [0.4, 0.5) is 0 Å². The van der Waals surface area contributed by atoms with Crippen LogP contribution in [0.25, 0.3) is 0 Å². The third kappa shape index (κ3) is 4.07. The van der Waals surface area contributed by atoms with Gasteiger partial charge in [0.1, 0.15) is 0 Å². The predicted molar refractivity (Wildman–Crippen MR) is 52.4 cm³/mol. The number of nitrogens with two attached hydrogens (primary N) is 1. The molecule has 0 radical (unpaired) electrons. The second-order valence-corrected chi connectivity index (χ2v) is 4.16. The summed E-state index contributed by atoms with van der Waals surface area (Å²) in [6.45, 7) is 2.89. The molecule has 0 amide bonds. The molecule has 0 spiro atoms. The fraction of sp³-hybridized carbons (Fsp3) is 1.00. The van der Waals surface area contributed by atoms with Gasteiger partial charge in [0.2, 0.25) is 0 Å². The van der Waals surface area contributed by atoms with Gasteiger partial charge < -0.3 is 15.6 Å². The Hall–Kier alpha value is -0.120. The van der Waals surface area contributed by atoms with E-state index in [9.17, 15) is 0 Å². The average Bonchev–Trinajstić information content (AvgIpc) is 2.16. The van der Waals surface area contributed by atoms with Gasteiger partial charge in [-0.2, -0.15) is 0 Å². The molecule has 78 valence electrons. The van der Waals surface area contributed by atoms with Gasteiger partial charge in [0.05, 0.1) is 12.7 Å². The van der Waals surface area contributed by atoms with Gasteiger partial charge in [-0.05, 0) is 25.7 Å². The smallest absolute Gasteiger partial charge is 0.0576 e. The van der Waals surface area contributed by atoms with Crippen molar-refractivity contribution in [3.63, 3.8) is 0 Å². The highest BCUT2D eigenvalue weighted by atomic mass is 16.5. The molecule has 0 heterocycles. The Bertz CT molecular complexity index is 133. The van der Waals surface area contributed by atoms with E-state index in [0.29, 0.717) is 18.8 Å². The first-order chi connectivity index (χ1) is 6.22. The number of aliphatic hydroxyl groups excluding tert-OH is 1. The van der Waals surface area contributed by atoms with E-state index in [1.807, 2.05) is 6.92 Å². The van der Waals surface area contributed by atoms with Gasteiger partial charge in [-0.1, -0.05) is 6.92 Å². The highest BCUT2D eigenvalue weighted by Gasteiger charge is 2.19. The predicted octanol–water partition coefficient (Wildman–Crippen LogP) is 0.901. The SMILES string of the molecule is CC(CO)CO[C@H]1CC[C@H](N)CC1. The van der Waals surface area contributed by atoms with Crippen LogP contribution in [0.5, 0.6) is 0 Å². The fourth-order valence-corrected chi connectivity index (χ4v) is 1.61. The van der Waals surface area contributed by atoms with Crippen molar-refractivity contribution >= 4 is 0 Å². The largest absolute Gasteiger partial charge is 0.396 e. The molecule has 0 bridgehead atoms. The van der Waals surface area contributed by atoms with Crippen molar-refractivity contribution in [1.29, 1.82) is 0 Å². The first kappa shape index (κ1) is 11.0. The molecule has 1 aliphatic rings. The Morgan fingerprint density at radius 1 is 1.38 bits per heavy atom. The zero-order valence-electron chi connectivity index (χ0n) is 8.41. The summed E-state index contributed by atoms with van der Waals surface area (Å²) in [5.41, 5.74) is 5.78. The van der Waals surface area contributed by atoms with Crippen LogP contribution < -0.4 is 5.73 Å². The number of aliphatic hydroxyl groups is 1. The van der Waals surface area contributed by atoms with Crippen LogP contribution in [0.3, 0.4) is 0 Å². The molecule has 0 saturated heterocycles. The number of rotatable bonds is 4. The Kier molecular flexibility index (Phi) is 4.70. The van der Waals surface area contributed by atoms with Crippen LogP contribution in [-0.2, 0) is 4.74 Å². The molecule has 13 heavy (non-hydrogen) atoms. The van der Waals surface area contributed by atoms with Crippen LogP contribution in [0, 0.1) is 5.92 Å². The van der Waals surface area contributed by atoms with E-state index in [2.05, 4.69) is 0 Å². The Balaban J connectivity index is 2.08. The van der Waals surface area contributed by atoms with Gasteiger partial charge in [0.15, 0.2) is 0 Å². The molecule has 1 fully saturated rings. The van der Waals surface area contributed by atoms with E-state index in [-0.39, 0.29) is 12.5 Å². The van der Waals surface area contributed by atoms with Crippen LogP contribution in [0.1, 0.15) is 32.6 Å². The number of ether oxygens (including phenoxy) is 1. The molecule has 1 saturated carbocycles. The number of hydrogen-bond donors (Lipinski definition) is 2. The molecule has 1 aliphatic carbocycles. The minimum Gasteiger partial charge on any atom is -0.396 e.